The van der Waals surface area contributed by atoms with E-state index in [4.69, 9.17) is 4.42 Å². The van der Waals surface area contributed by atoms with E-state index >= 15 is 0 Å². The molecule has 1 aromatic heterocycles. The Bertz CT molecular complexity index is 365. The highest BCUT2D eigenvalue weighted by Crippen LogP contribution is 2.17. The number of hydrogen-bond donors (Lipinski definition) is 1. The van der Waals surface area contributed by atoms with E-state index in [-0.39, 0.29) is 0 Å². The van der Waals surface area contributed by atoms with Gasteiger partial charge in [0.2, 0.25) is 0 Å². The third-order valence-electron chi connectivity index (χ3n) is 3.90. The molecule has 18 heavy (non-hydrogen) atoms. The van der Waals surface area contributed by atoms with Crippen molar-refractivity contribution >= 4 is 0 Å². The molecule has 0 bridgehead atoms. The standard InChI is InChI=1S/C14H25N3O/c1-11-7-17(8-12(2)16(11)4)9-14-5-13(6-15-3)10-18-14/h5,10-12,15H,6-9H2,1-4H3. The zero-order chi connectivity index (χ0) is 13.1. The molecule has 2 rings (SSSR count). The molecule has 1 aliphatic rings. The van der Waals surface area contributed by atoms with E-state index in [1.165, 1.54) is 5.56 Å². The number of rotatable bonds is 4. The second-order valence-electron chi connectivity index (χ2n) is 5.51. The molecule has 2 unspecified atom stereocenters. The van der Waals surface area contributed by atoms with Crippen LogP contribution < -0.4 is 5.32 Å². The van der Waals surface area contributed by atoms with Gasteiger partial charge in [-0.05, 0) is 34.0 Å². The van der Waals surface area contributed by atoms with Gasteiger partial charge in [-0.3, -0.25) is 9.80 Å². The minimum Gasteiger partial charge on any atom is -0.468 e. The molecule has 4 nitrogen and oxygen atoms in total. The lowest BCUT2D eigenvalue weighted by molar-refractivity contribution is 0.0518. The average Bonchev–Trinajstić information content (AvgIpc) is 2.74. The first-order chi connectivity index (χ1) is 8.60. The molecule has 0 aliphatic carbocycles. The number of nitrogens with one attached hydrogen (secondary N) is 1. The smallest absolute Gasteiger partial charge is 0.118 e. The SMILES string of the molecule is CNCc1coc(CN2CC(C)N(C)C(C)C2)c1. The molecule has 0 spiro atoms. The fraction of sp³-hybridized carbons (Fsp3) is 0.714. The van der Waals surface area contributed by atoms with Gasteiger partial charge in [-0.15, -0.1) is 0 Å². The second kappa shape index (κ2) is 5.87. The highest BCUT2D eigenvalue weighted by atomic mass is 16.3. The monoisotopic (exact) mass is 251 g/mol. The maximum Gasteiger partial charge on any atom is 0.118 e. The van der Waals surface area contributed by atoms with Crippen LogP contribution in [0.25, 0.3) is 0 Å². The molecule has 1 N–H and O–H groups in total. The Morgan fingerprint density at radius 2 is 2.00 bits per heavy atom. The topological polar surface area (TPSA) is 31.7 Å². The molecule has 0 saturated carbocycles. The van der Waals surface area contributed by atoms with Crippen molar-refractivity contribution in [3.63, 3.8) is 0 Å². The summed E-state index contributed by atoms with van der Waals surface area (Å²) in [4.78, 5) is 4.93. The number of hydrogen-bond acceptors (Lipinski definition) is 4. The van der Waals surface area contributed by atoms with Crippen LogP contribution in [0.15, 0.2) is 16.7 Å². The zero-order valence-corrected chi connectivity index (χ0v) is 11.9. The van der Waals surface area contributed by atoms with Gasteiger partial charge in [0.15, 0.2) is 0 Å². The van der Waals surface area contributed by atoms with Crippen molar-refractivity contribution in [3.8, 4) is 0 Å². The van der Waals surface area contributed by atoms with Crippen molar-refractivity contribution < 1.29 is 4.42 Å². The molecule has 0 aromatic carbocycles. The third kappa shape index (κ3) is 3.13. The molecule has 1 aromatic rings. The average molecular weight is 251 g/mol. The summed E-state index contributed by atoms with van der Waals surface area (Å²) in [6.07, 6.45) is 1.86. The van der Waals surface area contributed by atoms with Crippen molar-refractivity contribution in [1.29, 1.82) is 0 Å². The van der Waals surface area contributed by atoms with Gasteiger partial charge in [-0.2, -0.15) is 0 Å². The first-order valence-electron chi connectivity index (χ1n) is 6.75. The largest absolute Gasteiger partial charge is 0.468 e. The van der Waals surface area contributed by atoms with Crippen molar-refractivity contribution in [1.82, 2.24) is 15.1 Å². The Kier molecular flexibility index (Phi) is 4.43. The minimum atomic E-state index is 0.612. The predicted octanol–water partition coefficient (Wildman–Crippen LogP) is 1.52. The molecule has 1 aliphatic heterocycles. The van der Waals surface area contributed by atoms with E-state index in [9.17, 15) is 0 Å². The van der Waals surface area contributed by atoms with E-state index in [0.29, 0.717) is 12.1 Å². The molecule has 0 radical (unpaired) electrons. The first kappa shape index (κ1) is 13.6. The van der Waals surface area contributed by atoms with E-state index in [1.54, 1.807) is 0 Å². The van der Waals surface area contributed by atoms with Gasteiger partial charge in [0.25, 0.3) is 0 Å². The van der Waals surface area contributed by atoms with Crippen LogP contribution in [0.4, 0.5) is 0 Å². The van der Waals surface area contributed by atoms with E-state index in [1.807, 2.05) is 13.3 Å². The number of furan rings is 1. The summed E-state index contributed by atoms with van der Waals surface area (Å²) >= 11 is 0. The molecule has 2 atom stereocenters. The van der Waals surface area contributed by atoms with Gasteiger partial charge in [0, 0.05) is 37.3 Å². The number of likely N-dealkylation sites (N-methyl/N-ethyl adjacent to an activating group) is 1. The molecule has 1 saturated heterocycles. The van der Waals surface area contributed by atoms with Crippen molar-refractivity contribution in [2.75, 3.05) is 27.2 Å². The fourth-order valence-electron chi connectivity index (χ4n) is 2.67. The molecular formula is C14H25N3O. The van der Waals surface area contributed by atoms with Crippen molar-refractivity contribution in [3.05, 3.63) is 23.7 Å². The number of nitrogens with zero attached hydrogens (tertiary/aromatic N) is 2. The fourth-order valence-corrected chi connectivity index (χ4v) is 2.67. The molecule has 4 heteroatoms. The predicted molar refractivity (Wildman–Crippen MR) is 73.4 cm³/mol. The maximum atomic E-state index is 5.62. The third-order valence-corrected chi connectivity index (χ3v) is 3.90. The van der Waals surface area contributed by atoms with E-state index in [0.717, 1.165) is 31.9 Å². The Labute approximate surface area is 110 Å². The summed E-state index contributed by atoms with van der Waals surface area (Å²) in [5.41, 5.74) is 1.22. The minimum absolute atomic E-state index is 0.612. The molecular weight excluding hydrogens is 226 g/mol. The van der Waals surface area contributed by atoms with Gasteiger partial charge in [-0.25, -0.2) is 0 Å². The van der Waals surface area contributed by atoms with Crippen molar-refractivity contribution in [2.24, 2.45) is 0 Å². The van der Waals surface area contributed by atoms with Gasteiger partial charge in [0.1, 0.15) is 5.76 Å². The molecule has 0 amide bonds. The molecule has 102 valence electrons. The quantitative estimate of drug-likeness (QED) is 0.879. The Morgan fingerprint density at radius 1 is 1.33 bits per heavy atom. The lowest BCUT2D eigenvalue weighted by atomic mass is 10.1. The van der Waals surface area contributed by atoms with E-state index in [2.05, 4.69) is 42.1 Å². The Balaban J connectivity index is 1.92. The normalized spacial score (nSPS) is 26.7. The van der Waals surface area contributed by atoms with Crippen LogP contribution in [-0.4, -0.2) is 49.1 Å². The van der Waals surface area contributed by atoms with Crippen LogP contribution in [0.5, 0.6) is 0 Å². The van der Waals surface area contributed by atoms with Gasteiger partial charge < -0.3 is 9.73 Å². The lowest BCUT2D eigenvalue weighted by Crippen LogP contribution is -2.54. The highest BCUT2D eigenvalue weighted by molar-refractivity contribution is 5.12. The highest BCUT2D eigenvalue weighted by Gasteiger charge is 2.26. The summed E-state index contributed by atoms with van der Waals surface area (Å²) in [6, 6.07) is 3.38. The van der Waals surface area contributed by atoms with Crippen LogP contribution in [0.1, 0.15) is 25.2 Å². The van der Waals surface area contributed by atoms with Crippen LogP contribution in [0.2, 0.25) is 0 Å². The summed E-state index contributed by atoms with van der Waals surface area (Å²) in [5, 5.41) is 3.14. The van der Waals surface area contributed by atoms with E-state index < -0.39 is 0 Å². The zero-order valence-electron chi connectivity index (χ0n) is 11.9. The Morgan fingerprint density at radius 3 is 2.61 bits per heavy atom. The second-order valence-corrected chi connectivity index (χ2v) is 5.51. The van der Waals surface area contributed by atoms with Crippen LogP contribution in [-0.2, 0) is 13.1 Å². The van der Waals surface area contributed by atoms with Gasteiger partial charge in [0.05, 0.1) is 12.8 Å². The summed E-state index contributed by atoms with van der Waals surface area (Å²) < 4.78 is 5.62. The molecule has 1 fully saturated rings. The van der Waals surface area contributed by atoms with Crippen LogP contribution in [0.3, 0.4) is 0 Å². The summed E-state index contributed by atoms with van der Waals surface area (Å²) in [7, 11) is 4.17. The van der Waals surface area contributed by atoms with Crippen LogP contribution in [0, 0.1) is 0 Å². The van der Waals surface area contributed by atoms with Crippen molar-refractivity contribution in [2.45, 2.75) is 39.0 Å². The van der Waals surface area contributed by atoms with Gasteiger partial charge >= 0.3 is 0 Å². The number of piperazine rings is 1. The van der Waals surface area contributed by atoms with Crippen LogP contribution >= 0.6 is 0 Å². The van der Waals surface area contributed by atoms with Gasteiger partial charge in [-0.1, -0.05) is 0 Å². The lowest BCUT2D eigenvalue weighted by Gasteiger charge is -2.42. The summed E-state index contributed by atoms with van der Waals surface area (Å²) in [5.74, 6) is 1.07. The first-order valence-corrected chi connectivity index (χ1v) is 6.75. The Hall–Kier alpha value is -0.840. The molecule has 2 heterocycles. The maximum absolute atomic E-state index is 5.62. The summed E-state index contributed by atoms with van der Waals surface area (Å²) in [6.45, 7) is 8.60.